The molecule has 0 fully saturated rings. The van der Waals surface area contributed by atoms with Crippen molar-refractivity contribution in [3.05, 3.63) is 92.4 Å². The first-order valence-corrected chi connectivity index (χ1v) is 9.21. The molecule has 0 heterocycles. The highest BCUT2D eigenvalue weighted by Crippen LogP contribution is 2.32. The Bertz CT molecular complexity index is 868. The van der Waals surface area contributed by atoms with Gasteiger partial charge in [-0.05, 0) is 40.2 Å². The Balaban J connectivity index is 1.75. The molecule has 0 aliphatic heterocycles. The smallest absolute Gasteiger partial charge is 0.140 e. The number of para-hydroxylation sites is 2. The van der Waals surface area contributed by atoms with Crippen LogP contribution in [0.15, 0.2) is 71.2 Å². The summed E-state index contributed by atoms with van der Waals surface area (Å²) in [4.78, 5) is 0. The molecule has 0 atom stereocenters. The Morgan fingerprint density at radius 1 is 0.680 bits per heavy atom. The summed E-state index contributed by atoms with van der Waals surface area (Å²) in [7, 11) is 0. The first-order chi connectivity index (χ1) is 12.1. The summed E-state index contributed by atoms with van der Waals surface area (Å²) < 4.78 is 12.7. The van der Waals surface area contributed by atoms with Crippen LogP contribution in [0.2, 0.25) is 10.0 Å². The quantitative estimate of drug-likeness (QED) is 0.416. The van der Waals surface area contributed by atoms with Gasteiger partial charge in [0.25, 0.3) is 0 Å². The van der Waals surface area contributed by atoms with Gasteiger partial charge in [0.15, 0.2) is 0 Å². The summed E-state index contributed by atoms with van der Waals surface area (Å²) in [6, 6.07) is 20.8. The third-order valence-corrected chi connectivity index (χ3v) is 4.90. The van der Waals surface area contributed by atoms with Crippen molar-refractivity contribution in [3.8, 4) is 11.5 Å². The van der Waals surface area contributed by atoms with E-state index in [1.54, 1.807) is 6.07 Å². The van der Waals surface area contributed by atoms with Crippen LogP contribution in [0.3, 0.4) is 0 Å². The van der Waals surface area contributed by atoms with Crippen molar-refractivity contribution in [1.29, 1.82) is 0 Å². The van der Waals surface area contributed by atoms with Gasteiger partial charge in [-0.25, -0.2) is 0 Å². The van der Waals surface area contributed by atoms with Crippen LogP contribution in [-0.2, 0) is 13.2 Å². The molecule has 3 aromatic carbocycles. The largest absolute Gasteiger partial charge is 0.487 e. The van der Waals surface area contributed by atoms with Gasteiger partial charge in [-0.15, -0.1) is 0 Å². The van der Waals surface area contributed by atoms with Crippen LogP contribution >= 0.6 is 39.1 Å². The number of halogens is 3. The van der Waals surface area contributed by atoms with E-state index in [4.69, 9.17) is 32.7 Å². The highest BCUT2D eigenvalue weighted by atomic mass is 79.9. The zero-order chi connectivity index (χ0) is 17.6. The van der Waals surface area contributed by atoms with Crippen LogP contribution in [0.4, 0.5) is 0 Å². The molecule has 0 N–H and O–H groups in total. The van der Waals surface area contributed by atoms with Gasteiger partial charge in [-0.2, -0.15) is 0 Å². The van der Waals surface area contributed by atoms with E-state index in [2.05, 4.69) is 15.9 Å². The zero-order valence-corrected chi connectivity index (χ0v) is 16.3. The molecule has 0 bridgehead atoms. The second-order valence-electron chi connectivity index (χ2n) is 5.33. The van der Waals surface area contributed by atoms with E-state index < -0.39 is 0 Å². The lowest BCUT2D eigenvalue weighted by molar-refractivity contribution is 0.272. The van der Waals surface area contributed by atoms with Crippen LogP contribution in [-0.4, -0.2) is 0 Å². The van der Waals surface area contributed by atoms with Gasteiger partial charge >= 0.3 is 0 Å². The zero-order valence-electron chi connectivity index (χ0n) is 13.2. The monoisotopic (exact) mass is 436 g/mol. The minimum Gasteiger partial charge on any atom is -0.487 e. The highest BCUT2D eigenvalue weighted by molar-refractivity contribution is 9.10. The lowest BCUT2D eigenvalue weighted by atomic mass is 10.2. The van der Waals surface area contributed by atoms with E-state index in [1.165, 1.54) is 0 Å². The fourth-order valence-electron chi connectivity index (χ4n) is 2.31. The van der Waals surface area contributed by atoms with Crippen molar-refractivity contribution >= 4 is 39.1 Å². The average Bonchev–Trinajstić information content (AvgIpc) is 2.61. The van der Waals surface area contributed by atoms with Crippen LogP contribution in [0.25, 0.3) is 0 Å². The summed E-state index contributed by atoms with van der Waals surface area (Å²) >= 11 is 15.9. The SMILES string of the molecule is Clc1ccccc1COc1c(Br)cccc1COc1ccccc1Cl. The Morgan fingerprint density at radius 3 is 2.08 bits per heavy atom. The Labute approximate surface area is 165 Å². The molecule has 0 aromatic heterocycles. The molecule has 25 heavy (non-hydrogen) atoms. The summed E-state index contributed by atoms with van der Waals surface area (Å²) in [6.07, 6.45) is 0. The first-order valence-electron chi connectivity index (χ1n) is 7.66. The number of ether oxygens (including phenoxy) is 2. The Morgan fingerprint density at radius 2 is 1.32 bits per heavy atom. The fraction of sp³-hybridized carbons (Fsp3) is 0.100. The van der Waals surface area contributed by atoms with Crippen molar-refractivity contribution < 1.29 is 9.47 Å². The summed E-state index contributed by atoms with van der Waals surface area (Å²) in [6.45, 7) is 0.725. The van der Waals surface area contributed by atoms with E-state index in [-0.39, 0.29) is 0 Å². The molecule has 3 aromatic rings. The lowest BCUT2D eigenvalue weighted by Crippen LogP contribution is -2.03. The molecule has 0 aliphatic carbocycles. The molecule has 0 amide bonds. The average molecular weight is 438 g/mol. The van der Waals surface area contributed by atoms with Crippen LogP contribution < -0.4 is 9.47 Å². The van der Waals surface area contributed by atoms with Gasteiger partial charge in [0.1, 0.15) is 24.7 Å². The van der Waals surface area contributed by atoms with Gasteiger partial charge in [0, 0.05) is 16.1 Å². The number of hydrogen-bond acceptors (Lipinski definition) is 2. The number of benzene rings is 3. The third kappa shape index (κ3) is 4.69. The summed E-state index contributed by atoms with van der Waals surface area (Å²) in [5, 5.41) is 1.26. The minimum absolute atomic E-state index is 0.348. The molecule has 0 unspecified atom stereocenters. The fourth-order valence-corrected chi connectivity index (χ4v) is 3.21. The molecule has 0 saturated heterocycles. The Hall–Kier alpha value is -1.68. The maximum atomic E-state index is 6.20. The summed E-state index contributed by atoms with van der Waals surface area (Å²) in [5.74, 6) is 1.37. The second kappa shape index (κ2) is 8.61. The number of rotatable bonds is 6. The van der Waals surface area contributed by atoms with Gasteiger partial charge in [0.2, 0.25) is 0 Å². The first kappa shape index (κ1) is 18.1. The molecule has 5 heteroatoms. The molecule has 0 spiro atoms. The van der Waals surface area contributed by atoms with E-state index >= 15 is 0 Å². The number of hydrogen-bond donors (Lipinski definition) is 0. The van der Waals surface area contributed by atoms with Crippen LogP contribution in [0.5, 0.6) is 11.5 Å². The minimum atomic E-state index is 0.348. The van der Waals surface area contributed by atoms with E-state index in [9.17, 15) is 0 Å². The van der Waals surface area contributed by atoms with Gasteiger partial charge in [-0.1, -0.05) is 65.7 Å². The molecule has 0 aliphatic rings. The normalized spacial score (nSPS) is 10.5. The maximum Gasteiger partial charge on any atom is 0.140 e. The van der Waals surface area contributed by atoms with Crippen molar-refractivity contribution in [1.82, 2.24) is 0 Å². The second-order valence-corrected chi connectivity index (χ2v) is 7.00. The van der Waals surface area contributed by atoms with Gasteiger partial charge < -0.3 is 9.47 Å². The van der Waals surface area contributed by atoms with E-state index in [0.29, 0.717) is 29.0 Å². The molecular weight excluding hydrogens is 423 g/mol. The van der Waals surface area contributed by atoms with Crippen molar-refractivity contribution in [2.75, 3.05) is 0 Å². The molecule has 128 valence electrons. The maximum absolute atomic E-state index is 6.20. The van der Waals surface area contributed by atoms with Crippen molar-refractivity contribution in [2.24, 2.45) is 0 Å². The Kier molecular flexibility index (Phi) is 6.24. The molecule has 0 saturated carbocycles. The van der Waals surface area contributed by atoms with E-state index in [1.807, 2.05) is 60.7 Å². The predicted octanol–water partition coefficient (Wildman–Crippen LogP) is 6.91. The van der Waals surface area contributed by atoms with Gasteiger partial charge in [0.05, 0.1) is 9.50 Å². The third-order valence-electron chi connectivity index (χ3n) is 3.60. The van der Waals surface area contributed by atoms with Crippen molar-refractivity contribution in [3.63, 3.8) is 0 Å². The van der Waals surface area contributed by atoms with Gasteiger partial charge in [-0.3, -0.25) is 0 Å². The van der Waals surface area contributed by atoms with Crippen LogP contribution in [0, 0.1) is 0 Å². The molecular formula is C20H15BrCl2O2. The molecule has 3 rings (SSSR count). The summed E-state index contributed by atoms with van der Waals surface area (Å²) in [5.41, 5.74) is 1.85. The van der Waals surface area contributed by atoms with Crippen LogP contribution in [0.1, 0.15) is 11.1 Å². The molecule has 0 radical (unpaired) electrons. The lowest BCUT2D eigenvalue weighted by Gasteiger charge is -2.15. The van der Waals surface area contributed by atoms with Crippen molar-refractivity contribution in [2.45, 2.75) is 13.2 Å². The predicted molar refractivity (Wildman–Crippen MR) is 106 cm³/mol. The topological polar surface area (TPSA) is 18.5 Å². The van der Waals surface area contributed by atoms with E-state index in [0.717, 1.165) is 21.3 Å². The molecule has 2 nitrogen and oxygen atoms in total. The highest BCUT2D eigenvalue weighted by Gasteiger charge is 2.11. The standard InChI is InChI=1S/C20H15BrCl2O2/c21-16-8-5-7-15(13-24-19-11-4-3-10-18(19)23)20(16)25-12-14-6-1-2-9-17(14)22/h1-11H,12-13H2.